The van der Waals surface area contributed by atoms with Crippen LogP contribution < -0.4 is 0 Å². The molecule has 2 aliphatic carbocycles. The molecule has 2 saturated carbocycles. The number of rotatable bonds is 5. The fourth-order valence-electron chi connectivity index (χ4n) is 3.47. The van der Waals surface area contributed by atoms with Gasteiger partial charge in [-0.15, -0.1) is 0 Å². The highest BCUT2D eigenvalue weighted by Gasteiger charge is 2.33. The normalized spacial score (nSPS) is 23.0. The summed E-state index contributed by atoms with van der Waals surface area (Å²) >= 11 is 0. The SMILES string of the molecule is O[C@@H](c1cc2n(n1)CCN(Cc1cc(C3CC3)on1)C2)C1CC1. The van der Waals surface area contributed by atoms with E-state index in [1.807, 2.05) is 0 Å². The van der Waals surface area contributed by atoms with Crippen LogP contribution in [0.5, 0.6) is 0 Å². The lowest BCUT2D eigenvalue weighted by molar-refractivity contribution is 0.147. The molecule has 0 bridgehead atoms. The van der Waals surface area contributed by atoms with Crippen LogP contribution in [0.15, 0.2) is 16.7 Å². The minimum atomic E-state index is -0.377. The van der Waals surface area contributed by atoms with E-state index in [9.17, 15) is 5.11 Å². The Bertz CT molecular complexity index is 714. The van der Waals surface area contributed by atoms with Crippen molar-refractivity contribution >= 4 is 0 Å². The Labute approximate surface area is 135 Å². The number of aliphatic hydroxyl groups is 1. The molecule has 2 aromatic rings. The molecule has 2 fully saturated rings. The van der Waals surface area contributed by atoms with Gasteiger partial charge in [0, 0.05) is 31.6 Å². The number of hydrogen-bond donors (Lipinski definition) is 1. The second-order valence-corrected chi connectivity index (χ2v) is 7.27. The lowest BCUT2D eigenvalue weighted by atomic mass is 10.1. The number of aromatic nitrogens is 3. The molecule has 2 aromatic heterocycles. The Morgan fingerprint density at radius 3 is 2.87 bits per heavy atom. The fourth-order valence-corrected chi connectivity index (χ4v) is 3.47. The van der Waals surface area contributed by atoms with E-state index in [0.29, 0.717) is 11.8 Å². The topological polar surface area (TPSA) is 67.3 Å². The number of nitrogens with zero attached hydrogens (tertiary/aromatic N) is 4. The van der Waals surface area contributed by atoms with Crippen LogP contribution in [0.3, 0.4) is 0 Å². The molecule has 0 saturated heterocycles. The van der Waals surface area contributed by atoms with E-state index in [0.717, 1.165) is 56.2 Å². The van der Waals surface area contributed by atoms with Crippen LogP contribution >= 0.6 is 0 Å². The zero-order valence-electron chi connectivity index (χ0n) is 13.2. The molecule has 1 aliphatic heterocycles. The van der Waals surface area contributed by atoms with Gasteiger partial charge in [-0.2, -0.15) is 5.10 Å². The summed E-state index contributed by atoms with van der Waals surface area (Å²) in [4.78, 5) is 2.37. The van der Waals surface area contributed by atoms with Gasteiger partial charge in [0.2, 0.25) is 0 Å². The Hall–Kier alpha value is -1.66. The van der Waals surface area contributed by atoms with Crippen molar-refractivity contribution in [1.82, 2.24) is 19.8 Å². The molecule has 0 unspecified atom stereocenters. The largest absolute Gasteiger partial charge is 0.386 e. The van der Waals surface area contributed by atoms with Crippen LogP contribution in [0, 0.1) is 5.92 Å². The molecule has 1 atom stereocenters. The van der Waals surface area contributed by atoms with Gasteiger partial charge in [0.25, 0.3) is 0 Å². The summed E-state index contributed by atoms with van der Waals surface area (Å²) in [6, 6.07) is 4.19. The first kappa shape index (κ1) is 13.7. The maximum atomic E-state index is 10.3. The van der Waals surface area contributed by atoms with Gasteiger partial charge in [-0.3, -0.25) is 9.58 Å². The van der Waals surface area contributed by atoms with Crippen molar-refractivity contribution in [3.05, 3.63) is 35.0 Å². The highest BCUT2D eigenvalue weighted by Crippen LogP contribution is 2.41. The Balaban J connectivity index is 1.27. The summed E-state index contributed by atoms with van der Waals surface area (Å²) in [6.07, 6.45) is 4.36. The first-order valence-electron chi connectivity index (χ1n) is 8.69. The third kappa shape index (κ3) is 2.70. The molecule has 0 radical (unpaired) electrons. The van der Waals surface area contributed by atoms with Gasteiger partial charge >= 0.3 is 0 Å². The summed E-state index contributed by atoms with van der Waals surface area (Å²) < 4.78 is 7.49. The van der Waals surface area contributed by atoms with Crippen molar-refractivity contribution in [3.63, 3.8) is 0 Å². The van der Waals surface area contributed by atoms with Crippen molar-refractivity contribution in [2.45, 2.75) is 57.3 Å². The predicted octanol–water partition coefficient (Wildman–Crippen LogP) is 2.21. The summed E-state index contributed by atoms with van der Waals surface area (Å²) in [5, 5.41) is 19.1. The molecule has 0 amide bonds. The Kier molecular flexibility index (Phi) is 3.09. The Morgan fingerprint density at radius 2 is 2.09 bits per heavy atom. The van der Waals surface area contributed by atoms with Crippen LogP contribution in [-0.4, -0.2) is 31.5 Å². The summed E-state index contributed by atoms with van der Waals surface area (Å²) in [5.41, 5.74) is 3.07. The minimum Gasteiger partial charge on any atom is -0.386 e. The molecule has 0 spiro atoms. The zero-order chi connectivity index (χ0) is 15.4. The molecule has 122 valence electrons. The van der Waals surface area contributed by atoms with Crippen molar-refractivity contribution in [2.24, 2.45) is 5.92 Å². The number of hydrogen-bond acceptors (Lipinski definition) is 5. The van der Waals surface area contributed by atoms with Gasteiger partial charge in [-0.1, -0.05) is 5.16 Å². The average Bonchev–Trinajstić information content (AvgIpc) is 3.48. The summed E-state index contributed by atoms with van der Waals surface area (Å²) in [5.74, 6) is 2.10. The van der Waals surface area contributed by atoms with Crippen molar-refractivity contribution in [3.8, 4) is 0 Å². The van der Waals surface area contributed by atoms with Crippen molar-refractivity contribution in [1.29, 1.82) is 0 Å². The van der Waals surface area contributed by atoms with E-state index in [4.69, 9.17) is 4.52 Å². The molecular weight excluding hydrogens is 292 g/mol. The average molecular weight is 314 g/mol. The summed E-state index contributed by atoms with van der Waals surface area (Å²) in [7, 11) is 0. The standard InChI is InChI=1S/C17H22N4O2/c22-17(12-3-4-12)15-8-14-10-20(5-6-21(14)18-15)9-13-7-16(23-19-13)11-1-2-11/h7-8,11-12,17,22H,1-6,9-10H2/t17-/m1/s1. The van der Waals surface area contributed by atoms with E-state index in [2.05, 4.69) is 32.0 Å². The maximum absolute atomic E-state index is 10.3. The molecule has 0 aromatic carbocycles. The molecule has 5 rings (SSSR count). The van der Waals surface area contributed by atoms with Gasteiger partial charge in [0.15, 0.2) is 0 Å². The number of fused-ring (bicyclic) bond motifs is 1. The third-order valence-corrected chi connectivity index (χ3v) is 5.21. The lowest BCUT2D eigenvalue weighted by Gasteiger charge is -2.26. The second kappa shape index (κ2) is 5.18. The van der Waals surface area contributed by atoms with Gasteiger partial charge in [0.1, 0.15) is 11.9 Å². The Morgan fingerprint density at radius 1 is 1.22 bits per heavy atom. The van der Waals surface area contributed by atoms with Crippen LogP contribution in [0.1, 0.15) is 60.5 Å². The third-order valence-electron chi connectivity index (χ3n) is 5.21. The molecule has 23 heavy (non-hydrogen) atoms. The smallest absolute Gasteiger partial charge is 0.140 e. The van der Waals surface area contributed by atoms with Crippen molar-refractivity contribution in [2.75, 3.05) is 6.54 Å². The highest BCUT2D eigenvalue weighted by atomic mass is 16.5. The lowest BCUT2D eigenvalue weighted by Crippen LogP contribution is -2.33. The zero-order valence-corrected chi connectivity index (χ0v) is 13.2. The van der Waals surface area contributed by atoms with E-state index in [-0.39, 0.29) is 6.10 Å². The number of aliphatic hydroxyl groups excluding tert-OH is 1. The quantitative estimate of drug-likeness (QED) is 0.916. The van der Waals surface area contributed by atoms with Crippen LogP contribution in [0.25, 0.3) is 0 Å². The minimum absolute atomic E-state index is 0.377. The molecule has 3 heterocycles. The van der Waals surface area contributed by atoms with Gasteiger partial charge in [0.05, 0.1) is 23.6 Å². The maximum Gasteiger partial charge on any atom is 0.140 e. The first-order valence-corrected chi connectivity index (χ1v) is 8.69. The van der Waals surface area contributed by atoms with E-state index in [1.54, 1.807) is 0 Å². The molecule has 3 aliphatic rings. The molecule has 6 heteroatoms. The van der Waals surface area contributed by atoms with E-state index in [1.165, 1.54) is 18.5 Å². The first-order chi connectivity index (χ1) is 11.3. The second-order valence-electron chi connectivity index (χ2n) is 7.27. The van der Waals surface area contributed by atoms with Gasteiger partial charge in [-0.25, -0.2) is 0 Å². The monoisotopic (exact) mass is 314 g/mol. The molecule has 6 nitrogen and oxygen atoms in total. The van der Waals surface area contributed by atoms with E-state index < -0.39 is 0 Å². The highest BCUT2D eigenvalue weighted by molar-refractivity contribution is 5.17. The molecular formula is C17H22N4O2. The van der Waals surface area contributed by atoms with Crippen LogP contribution in [0.4, 0.5) is 0 Å². The summed E-state index contributed by atoms with van der Waals surface area (Å²) in [6.45, 7) is 3.51. The fraction of sp³-hybridized carbons (Fsp3) is 0.647. The van der Waals surface area contributed by atoms with Gasteiger partial charge in [-0.05, 0) is 37.7 Å². The van der Waals surface area contributed by atoms with E-state index >= 15 is 0 Å². The van der Waals surface area contributed by atoms with Crippen LogP contribution in [-0.2, 0) is 19.6 Å². The van der Waals surface area contributed by atoms with Crippen LogP contribution in [0.2, 0.25) is 0 Å². The van der Waals surface area contributed by atoms with Crippen molar-refractivity contribution < 1.29 is 9.63 Å². The predicted molar refractivity (Wildman–Crippen MR) is 82.5 cm³/mol. The van der Waals surface area contributed by atoms with Gasteiger partial charge < -0.3 is 9.63 Å². The molecule has 1 N–H and O–H groups in total.